The molecule has 0 unspecified atom stereocenters. The van der Waals surface area contributed by atoms with E-state index in [1.165, 1.54) is 17.7 Å². The van der Waals surface area contributed by atoms with Gasteiger partial charge < -0.3 is 10.1 Å². The van der Waals surface area contributed by atoms with Crippen LogP contribution in [0.2, 0.25) is 0 Å². The van der Waals surface area contributed by atoms with E-state index in [-0.39, 0.29) is 0 Å². The van der Waals surface area contributed by atoms with Gasteiger partial charge in [-0.2, -0.15) is 0 Å². The molecule has 0 atom stereocenters. The monoisotopic (exact) mass is 303 g/mol. The molecule has 1 saturated carbocycles. The molecule has 0 spiro atoms. The molecule has 3 rings (SSSR count). The molecule has 0 bridgehead atoms. The Bertz CT molecular complexity index is 607. The van der Waals surface area contributed by atoms with Crippen LogP contribution in [0.15, 0.2) is 17.8 Å². The van der Waals surface area contributed by atoms with E-state index in [4.69, 9.17) is 4.74 Å². The predicted molar refractivity (Wildman–Crippen MR) is 84.9 cm³/mol. The molecular formula is C16H21N3OS. The molecule has 1 N–H and O–H groups in total. The van der Waals surface area contributed by atoms with E-state index in [1.807, 2.05) is 31.6 Å². The van der Waals surface area contributed by atoms with Crippen molar-refractivity contribution >= 4 is 11.3 Å². The fourth-order valence-corrected chi connectivity index (χ4v) is 2.95. The molecule has 1 aliphatic rings. The maximum Gasteiger partial charge on any atom is 0.127 e. The number of nitrogens with zero attached hydrogens (tertiary/aromatic N) is 2. The summed E-state index contributed by atoms with van der Waals surface area (Å²) >= 11 is 1.70. The summed E-state index contributed by atoms with van der Waals surface area (Å²) in [5.74, 6) is 0.956. The molecule has 0 radical (unpaired) electrons. The van der Waals surface area contributed by atoms with Crippen molar-refractivity contribution in [1.29, 1.82) is 0 Å². The lowest BCUT2D eigenvalue weighted by atomic mass is 10.2. The van der Waals surface area contributed by atoms with Gasteiger partial charge in [-0.1, -0.05) is 0 Å². The number of hydrogen-bond donors (Lipinski definition) is 1. The average molecular weight is 303 g/mol. The average Bonchev–Trinajstić information content (AvgIpc) is 3.21. The number of rotatable bonds is 7. The fraction of sp³-hybridized carbons (Fsp3) is 0.500. The van der Waals surface area contributed by atoms with Crippen molar-refractivity contribution in [2.45, 2.75) is 45.7 Å². The molecule has 2 heterocycles. The minimum Gasteiger partial charge on any atom is -0.493 e. The highest BCUT2D eigenvalue weighted by Crippen LogP contribution is 2.23. The van der Waals surface area contributed by atoms with Crippen LogP contribution in [-0.4, -0.2) is 22.6 Å². The van der Waals surface area contributed by atoms with Crippen LogP contribution in [0.5, 0.6) is 5.75 Å². The Balaban J connectivity index is 1.59. The van der Waals surface area contributed by atoms with Crippen LogP contribution >= 0.6 is 11.3 Å². The van der Waals surface area contributed by atoms with E-state index in [2.05, 4.69) is 15.3 Å². The largest absolute Gasteiger partial charge is 0.493 e. The highest BCUT2D eigenvalue weighted by molar-refractivity contribution is 7.09. The Morgan fingerprint density at radius 3 is 2.90 bits per heavy atom. The van der Waals surface area contributed by atoms with Crippen molar-refractivity contribution in [2.24, 2.45) is 0 Å². The molecule has 0 saturated heterocycles. The lowest BCUT2D eigenvalue weighted by Gasteiger charge is -2.12. The SMILES string of the molecule is Cc1cc(OCCc2scnc2C)c(CNC2CC2)cn1. The highest BCUT2D eigenvalue weighted by Gasteiger charge is 2.20. The van der Waals surface area contributed by atoms with Crippen molar-refractivity contribution in [2.75, 3.05) is 6.61 Å². The topological polar surface area (TPSA) is 47.0 Å². The standard InChI is InChI=1S/C16H21N3OS/c1-11-7-15(13(8-17-11)9-18-14-3-4-14)20-6-5-16-12(2)19-10-21-16/h7-8,10,14,18H,3-6,9H2,1-2H3. The maximum absolute atomic E-state index is 6.00. The molecule has 1 fully saturated rings. The summed E-state index contributed by atoms with van der Waals surface area (Å²) in [5.41, 5.74) is 5.15. The van der Waals surface area contributed by atoms with E-state index in [1.54, 1.807) is 11.3 Å². The molecule has 0 aromatic carbocycles. The van der Waals surface area contributed by atoms with Gasteiger partial charge >= 0.3 is 0 Å². The third kappa shape index (κ3) is 4.02. The van der Waals surface area contributed by atoms with Crippen molar-refractivity contribution in [3.05, 3.63) is 39.6 Å². The van der Waals surface area contributed by atoms with Crippen LogP contribution in [0.3, 0.4) is 0 Å². The van der Waals surface area contributed by atoms with Crippen molar-refractivity contribution in [3.8, 4) is 5.75 Å². The summed E-state index contributed by atoms with van der Waals surface area (Å²) < 4.78 is 6.00. The molecule has 2 aromatic heterocycles. The van der Waals surface area contributed by atoms with Gasteiger partial charge in [0.1, 0.15) is 5.75 Å². The number of aromatic nitrogens is 2. The van der Waals surface area contributed by atoms with Gasteiger partial charge in [0.2, 0.25) is 0 Å². The van der Waals surface area contributed by atoms with E-state index in [0.29, 0.717) is 12.6 Å². The van der Waals surface area contributed by atoms with Gasteiger partial charge in [0.25, 0.3) is 0 Å². The molecule has 4 nitrogen and oxygen atoms in total. The van der Waals surface area contributed by atoms with Gasteiger partial charge in [0.05, 0.1) is 17.8 Å². The summed E-state index contributed by atoms with van der Waals surface area (Å²) in [6.07, 6.45) is 5.42. The van der Waals surface area contributed by atoms with Gasteiger partial charge in [0, 0.05) is 47.4 Å². The second-order valence-electron chi connectivity index (χ2n) is 5.55. The first kappa shape index (κ1) is 14.5. The lowest BCUT2D eigenvalue weighted by molar-refractivity contribution is 0.317. The summed E-state index contributed by atoms with van der Waals surface area (Å²) in [4.78, 5) is 9.96. The summed E-state index contributed by atoms with van der Waals surface area (Å²) in [6.45, 7) is 5.57. The zero-order valence-electron chi connectivity index (χ0n) is 12.6. The molecular weight excluding hydrogens is 282 g/mol. The molecule has 1 aliphatic carbocycles. The van der Waals surface area contributed by atoms with Gasteiger partial charge in [-0.3, -0.25) is 4.98 Å². The van der Waals surface area contributed by atoms with Gasteiger partial charge in [-0.05, 0) is 26.7 Å². The predicted octanol–water partition coefficient (Wildman–Crippen LogP) is 3.03. The van der Waals surface area contributed by atoms with Crippen LogP contribution in [0.25, 0.3) is 0 Å². The lowest BCUT2D eigenvalue weighted by Crippen LogP contribution is -2.16. The Hall–Kier alpha value is -1.46. The van der Waals surface area contributed by atoms with Crippen LogP contribution in [0, 0.1) is 13.8 Å². The zero-order chi connectivity index (χ0) is 14.7. The quantitative estimate of drug-likeness (QED) is 0.854. The highest BCUT2D eigenvalue weighted by atomic mass is 32.1. The summed E-state index contributed by atoms with van der Waals surface area (Å²) in [5, 5.41) is 3.52. The minimum absolute atomic E-state index is 0.683. The second kappa shape index (κ2) is 6.54. The molecule has 5 heteroatoms. The number of pyridine rings is 1. The number of ether oxygens (including phenoxy) is 1. The van der Waals surface area contributed by atoms with E-state index >= 15 is 0 Å². The Morgan fingerprint density at radius 1 is 1.33 bits per heavy atom. The third-order valence-corrected chi connectivity index (χ3v) is 4.67. The third-order valence-electron chi connectivity index (χ3n) is 3.67. The Labute approximate surface area is 129 Å². The van der Waals surface area contributed by atoms with Crippen LogP contribution in [0.4, 0.5) is 0 Å². The van der Waals surface area contributed by atoms with E-state index in [0.717, 1.165) is 35.7 Å². The van der Waals surface area contributed by atoms with Gasteiger partial charge in [0.15, 0.2) is 0 Å². The molecule has 21 heavy (non-hydrogen) atoms. The van der Waals surface area contributed by atoms with Crippen molar-refractivity contribution < 1.29 is 4.74 Å². The molecule has 112 valence electrons. The van der Waals surface area contributed by atoms with Crippen LogP contribution < -0.4 is 10.1 Å². The van der Waals surface area contributed by atoms with Crippen molar-refractivity contribution in [3.63, 3.8) is 0 Å². The first-order valence-electron chi connectivity index (χ1n) is 7.43. The second-order valence-corrected chi connectivity index (χ2v) is 6.49. The van der Waals surface area contributed by atoms with Crippen LogP contribution in [-0.2, 0) is 13.0 Å². The summed E-state index contributed by atoms with van der Waals surface area (Å²) in [6, 6.07) is 2.72. The van der Waals surface area contributed by atoms with Crippen LogP contribution in [0.1, 0.15) is 34.7 Å². The van der Waals surface area contributed by atoms with E-state index < -0.39 is 0 Å². The fourth-order valence-electron chi connectivity index (χ4n) is 2.19. The minimum atomic E-state index is 0.683. The molecule has 0 amide bonds. The smallest absolute Gasteiger partial charge is 0.127 e. The summed E-state index contributed by atoms with van der Waals surface area (Å²) in [7, 11) is 0. The molecule has 0 aliphatic heterocycles. The normalized spacial score (nSPS) is 14.4. The number of aryl methyl sites for hydroxylation is 2. The van der Waals surface area contributed by atoms with Gasteiger partial charge in [-0.15, -0.1) is 11.3 Å². The Kier molecular flexibility index (Phi) is 4.51. The first-order valence-corrected chi connectivity index (χ1v) is 8.31. The van der Waals surface area contributed by atoms with Gasteiger partial charge in [-0.25, -0.2) is 4.98 Å². The van der Waals surface area contributed by atoms with E-state index in [9.17, 15) is 0 Å². The Morgan fingerprint density at radius 2 is 2.19 bits per heavy atom. The zero-order valence-corrected chi connectivity index (χ0v) is 13.4. The van der Waals surface area contributed by atoms with Crippen molar-refractivity contribution in [1.82, 2.24) is 15.3 Å². The number of hydrogen-bond acceptors (Lipinski definition) is 5. The molecule has 2 aromatic rings. The first-order chi connectivity index (χ1) is 10.2. The number of thiazole rings is 1. The maximum atomic E-state index is 6.00. The number of nitrogens with one attached hydrogen (secondary N) is 1.